The van der Waals surface area contributed by atoms with Crippen molar-refractivity contribution in [2.45, 2.75) is 13.0 Å². The molecule has 1 amide bonds. The molecule has 6 heteroatoms. The summed E-state index contributed by atoms with van der Waals surface area (Å²) in [4.78, 5) is 22.9. The molecule has 1 unspecified atom stereocenters. The average Bonchev–Trinajstić information content (AvgIpc) is 2.47. The van der Waals surface area contributed by atoms with Crippen LogP contribution in [0.4, 0.5) is 0 Å². The van der Waals surface area contributed by atoms with Gasteiger partial charge in [0, 0.05) is 11.6 Å². The fraction of sp³-hybridized carbons (Fsp3) is 0.214. The first-order valence-electron chi connectivity index (χ1n) is 6.06. The minimum atomic E-state index is -0.791. The molecule has 104 valence electrons. The summed E-state index contributed by atoms with van der Waals surface area (Å²) >= 11 is 0. The Balaban J connectivity index is 2.45. The summed E-state index contributed by atoms with van der Waals surface area (Å²) in [7, 11) is 1.59. The van der Waals surface area contributed by atoms with Crippen molar-refractivity contribution in [3.63, 3.8) is 0 Å². The number of carbonyl (C=O) groups is 1. The standard InChI is InChI=1S/C14H15N3O3/c1-9(14(15)19)17-13(18)8-7-12(16-17)10-3-5-11(20-2)6-4-10/h3-9H,1-2H3,(H2,15,19). The van der Waals surface area contributed by atoms with Gasteiger partial charge in [-0.2, -0.15) is 5.10 Å². The number of primary amides is 1. The van der Waals surface area contributed by atoms with Crippen LogP contribution in [0.25, 0.3) is 11.3 Å². The van der Waals surface area contributed by atoms with Gasteiger partial charge in [-0.05, 0) is 37.3 Å². The molecule has 1 heterocycles. The van der Waals surface area contributed by atoms with Crippen LogP contribution in [0.3, 0.4) is 0 Å². The van der Waals surface area contributed by atoms with Crippen LogP contribution in [0.1, 0.15) is 13.0 Å². The molecule has 0 aliphatic rings. The highest BCUT2D eigenvalue weighted by atomic mass is 16.5. The van der Waals surface area contributed by atoms with E-state index in [9.17, 15) is 9.59 Å². The highest BCUT2D eigenvalue weighted by molar-refractivity contribution is 5.77. The molecular formula is C14H15N3O3. The molecule has 6 nitrogen and oxygen atoms in total. The number of nitrogens with two attached hydrogens (primary N) is 1. The molecule has 0 radical (unpaired) electrons. The van der Waals surface area contributed by atoms with E-state index in [1.165, 1.54) is 13.0 Å². The highest BCUT2D eigenvalue weighted by Crippen LogP contribution is 2.19. The number of benzene rings is 1. The number of methoxy groups -OCH3 is 1. The van der Waals surface area contributed by atoms with Gasteiger partial charge in [0.15, 0.2) is 0 Å². The monoisotopic (exact) mass is 273 g/mol. The maximum atomic E-state index is 11.7. The van der Waals surface area contributed by atoms with Crippen LogP contribution in [0, 0.1) is 0 Å². The zero-order chi connectivity index (χ0) is 14.7. The van der Waals surface area contributed by atoms with Gasteiger partial charge in [-0.25, -0.2) is 4.68 Å². The van der Waals surface area contributed by atoms with E-state index in [0.717, 1.165) is 16.0 Å². The van der Waals surface area contributed by atoms with Crippen LogP contribution >= 0.6 is 0 Å². The predicted octanol–water partition coefficient (Wildman–Crippen LogP) is 0.965. The maximum absolute atomic E-state index is 11.7. The normalized spacial score (nSPS) is 11.9. The highest BCUT2D eigenvalue weighted by Gasteiger charge is 2.14. The van der Waals surface area contributed by atoms with Crippen molar-refractivity contribution in [1.82, 2.24) is 9.78 Å². The fourth-order valence-corrected chi connectivity index (χ4v) is 1.74. The molecule has 0 saturated heterocycles. The first-order valence-corrected chi connectivity index (χ1v) is 6.06. The van der Waals surface area contributed by atoms with Gasteiger partial charge in [0.1, 0.15) is 11.8 Å². The lowest BCUT2D eigenvalue weighted by atomic mass is 10.1. The zero-order valence-corrected chi connectivity index (χ0v) is 11.2. The summed E-state index contributed by atoms with van der Waals surface area (Å²) < 4.78 is 6.17. The van der Waals surface area contributed by atoms with E-state index in [1.807, 2.05) is 12.1 Å². The number of rotatable bonds is 4. The molecule has 2 rings (SSSR count). The quantitative estimate of drug-likeness (QED) is 0.899. The molecule has 0 bridgehead atoms. The summed E-state index contributed by atoms with van der Waals surface area (Å²) in [5.74, 6) is 0.124. The minimum absolute atomic E-state index is 0.367. The third kappa shape index (κ3) is 2.69. The van der Waals surface area contributed by atoms with Crippen molar-refractivity contribution >= 4 is 5.91 Å². The molecule has 20 heavy (non-hydrogen) atoms. The van der Waals surface area contributed by atoms with E-state index in [1.54, 1.807) is 25.3 Å². The topological polar surface area (TPSA) is 87.2 Å². The lowest BCUT2D eigenvalue weighted by molar-refractivity contribution is -0.121. The summed E-state index contributed by atoms with van der Waals surface area (Å²) in [5, 5.41) is 4.18. The Morgan fingerprint density at radius 1 is 1.25 bits per heavy atom. The molecule has 0 aliphatic heterocycles. The number of amides is 1. The van der Waals surface area contributed by atoms with Crippen LogP contribution < -0.4 is 16.0 Å². The number of hydrogen-bond acceptors (Lipinski definition) is 4. The second-order valence-corrected chi connectivity index (χ2v) is 4.31. The second-order valence-electron chi connectivity index (χ2n) is 4.31. The van der Waals surface area contributed by atoms with Crippen molar-refractivity contribution < 1.29 is 9.53 Å². The minimum Gasteiger partial charge on any atom is -0.497 e. The van der Waals surface area contributed by atoms with Gasteiger partial charge in [-0.3, -0.25) is 9.59 Å². The zero-order valence-electron chi connectivity index (χ0n) is 11.2. The summed E-state index contributed by atoms with van der Waals surface area (Å²) in [5.41, 5.74) is 6.24. The van der Waals surface area contributed by atoms with E-state index in [2.05, 4.69) is 5.10 Å². The van der Waals surface area contributed by atoms with Crippen molar-refractivity contribution in [2.75, 3.05) is 7.11 Å². The Hall–Kier alpha value is -2.63. The second kappa shape index (κ2) is 5.56. The molecule has 0 saturated carbocycles. The predicted molar refractivity (Wildman–Crippen MR) is 74.4 cm³/mol. The van der Waals surface area contributed by atoms with Gasteiger partial charge in [0.25, 0.3) is 5.56 Å². The van der Waals surface area contributed by atoms with Crippen LogP contribution in [-0.4, -0.2) is 22.8 Å². The molecule has 1 atom stereocenters. The lowest BCUT2D eigenvalue weighted by Gasteiger charge is -2.11. The van der Waals surface area contributed by atoms with Gasteiger partial charge in [0.2, 0.25) is 5.91 Å². The number of hydrogen-bond donors (Lipinski definition) is 1. The van der Waals surface area contributed by atoms with Gasteiger partial charge < -0.3 is 10.5 Å². The Morgan fingerprint density at radius 2 is 1.90 bits per heavy atom. The van der Waals surface area contributed by atoms with Crippen molar-refractivity contribution in [1.29, 1.82) is 0 Å². The largest absolute Gasteiger partial charge is 0.497 e. The number of carbonyl (C=O) groups excluding carboxylic acids is 1. The lowest BCUT2D eigenvalue weighted by Crippen LogP contribution is -2.33. The number of nitrogens with zero attached hydrogens (tertiary/aromatic N) is 2. The van der Waals surface area contributed by atoms with Crippen LogP contribution in [0.5, 0.6) is 5.75 Å². The Kier molecular flexibility index (Phi) is 3.84. The van der Waals surface area contributed by atoms with E-state index in [0.29, 0.717) is 5.69 Å². The van der Waals surface area contributed by atoms with E-state index in [4.69, 9.17) is 10.5 Å². The number of aromatic nitrogens is 2. The molecule has 2 aromatic rings. The third-order valence-electron chi connectivity index (χ3n) is 2.99. The van der Waals surface area contributed by atoms with Crippen LogP contribution in [0.15, 0.2) is 41.2 Å². The average molecular weight is 273 g/mol. The first-order chi connectivity index (χ1) is 9.52. The van der Waals surface area contributed by atoms with E-state index < -0.39 is 11.9 Å². The molecule has 0 aliphatic carbocycles. The van der Waals surface area contributed by atoms with Crippen LogP contribution in [-0.2, 0) is 4.79 Å². The number of ether oxygens (including phenoxy) is 1. The molecule has 1 aromatic carbocycles. The van der Waals surface area contributed by atoms with Gasteiger partial charge in [0.05, 0.1) is 12.8 Å². The fourth-order valence-electron chi connectivity index (χ4n) is 1.74. The Bertz CT molecular complexity index is 677. The molecule has 0 fully saturated rings. The van der Waals surface area contributed by atoms with E-state index in [-0.39, 0.29) is 5.56 Å². The molecule has 1 aromatic heterocycles. The van der Waals surface area contributed by atoms with Gasteiger partial charge in [-0.15, -0.1) is 0 Å². The smallest absolute Gasteiger partial charge is 0.267 e. The Morgan fingerprint density at radius 3 is 2.45 bits per heavy atom. The molecular weight excluding hydrogens is 258 g/mol. The van der Waals surface area contributed by atoms with Crippen LogP contribution in [0.2, 0.25) is 0 Å². The molecule has 2 N–H and O–H groups in total. The summed E-state index contributed by atoms with van der Waals surface area (Å²) in [6.07, 6.45) is 0. The van der Waals surface area contributed by atoms with Crippen molar-refractivity contribution in [3.8, 4) is 17.0 Å². The van der Waals surface area contributed by atoms with Gasteiger partial charge >= 0.3 is 0 Å². The van der Waals surface area contributed by atoms with E-state index >= 15 is 0 Å². The SMILES string of the molecule is COc1ccc(-c2ccc(=O)n(C(C)C(N)=O)n2)cc1. The van der Waals surface area contributed by atoms with Crippen molar-refractivity contribution in [2.24, 2.45) is 5.73 Å². The van der Waals surface area contributed by atoms with Crippen molar-refractivity contribution in [3.05, 3.63) is 46.8 Å². The summed E-state index contributed by atoms with van der Waals surface area (Å²) in [6.45, 7) is 1.54. The maximum Gasteiger partial charge on any atom is 0.267 e. The molecule has 0 spiro atoms. The van der Waals surface area contributed by atoms with Gasteiger partial charge in [-0.1, -0.05) is 0 Å². The summed E-state index contributed by atoms with van der Waals surface area (Å²) in [6, 6.07) is 9.42. The first kappa shape index (κ1) is 13.8. The third-order valence-corrected chi connectivity index (χ3v) is 2.99. The Labute approximate surface area is 115 Å².